The fraction of sp³-hybridized carbons (Fsp3) is 0.200. The quantitative estimate of drug-likeness (QED) is 0.150. The summed E-state index contributed by atoms with van der Waals surface area (Å²) in [5.74, 6) is 6.63. The lowest BCUT2D eigenvalue weighted by molar-refractivity contribution is 0.287. The van der Waals surface area contributed by atoms with Gasteiger partial charge in [0.15, 0.2) is 0 Å². The van der Waals surface area contributed by atoms with Crippen molar-refractivity contribution in [3.8, 4) is 58.1 Å². The summed E-state index contributed by atoms with van der Waals surface area (Å²) in [5.41, 5.74) is 5.20. The number of rotatable bonds is 13. The summed E-state index contributed by atoms with van der Waals surface area (Å²) in [6.45, 7) is 1.04. The van der Waals surface area contributed by atoms with Gasteiger partial charge < -0.3 is 28.4 Å². The van der Waals surface area contributed by atoms with E-state index in [-0.39, 0.29) is 0 Å². The average Bonchev–Trinajstić information content (AvgIpc) is 3.54. The molecule has 0 aliphatic heterocycles. The van der Waals surface area contributed by atoms with E-state index in [0.717, 1.165) is 33.5 Å². The molecule has 0 spiro atoms. The Balaban J connectivity index is 1.39. The Kier molecular flexibility index (Phi) is 9.52. The largest absolute Gasteiger partial charge is 0.497 e. The Labute approximate surface area is 256 Å². The van der Waals surface area contributed by atoms with Crippen LogP contribution < -0.4 is 28.4 Å². The second-order valence-electron chi connectivity index (χ2n) is 9.85. The minimum absolute atomic E-state index is 0.296. The van der Waals surface area contributed by atoms with Crippen molar-refractivity contribution in [1.82, 2.24) is 15.0 Å². The zero-order valence-corrected chi connectivity index (χ0v) is 25.1. The van der Waals surface area contributed by atoms with Gasteiger partial charge in [0.25, 0.3) is 0 Å². The zero-order chi connectivity index (χ0) is 30.9. The fourth-order valence-electron chi connectivity index (χ4n) is 4.55. The van der Waals surface area contributed by atoms with Crippen molar-refractivity contribution in [1.29, 1.82) is 0 Å². The molecule has 0 amide bonds. The molecule has 44 heavy (non-hydrogen) atoms. The number of terminal acetylenes is 1. The van der Waals surface area contributed by atoms with Crippen LogP contribution in [0, 0.1) is 12.3 Å². The molecule has 5 rings (SSSR count). The summed E-state index contributed by atoms with van der Waals surface area (Å²) in [6, 6.07) is 24.7. The summed E-state index contributed by atoms with van der Waals surface area (Å²) in [6.07, 6.45) is 7.38. The molecular formula is C35H33N3O6. The molecule has 224 valence electrons. The summed E-state index contributed by atoms with van der Waals surface area (Å²) in [4.78, 5) is 0. The predicted molar refractivity (Wildman–Crippen MR) is 167 cm³/mol. The molecule has 0 saturated carbocycles. The topological polar surface area (TPSA) is 86.1 Å². The smallest absolute Gasteiger partial charge is 0.123 e. The highest BCUT2D eigenvalue weighted by Gasteiger charge is 2.11. The second kappa shape index (κ2) is 14.0. The molecule has 0 N–H and O–H groups in total. The van der Waals surface area contributed by atoms with Crippen LogP contribution in [-0.4, -0.2) is 43.4 Å². The van der Waals surface area contributed by atoms with Crippen LogP contribution in [0.5, 0.6) is 34.5 Å². The van der Waals surface area contributed by atoms with Gasteiger partial charge in [-0.2, -0.15) is 0 Å². The molecule has 9 nitrogen and oxygen atoms in total. The number of nitrogens with zero attached hydrogens (tertiary/aromatic N) is 3. The van der Waals surface area contributed by atoms with Gasteiger partial charge >= 0.3 is 0 Å². The Morgan fingerprint density at radius 3 is 1.52 bits per heavy atom. The van der Waals surface area contributed by atoms with Crippen LogP contribution in [0.3, 0.4) is 0 Å². The standard InChI is InChI=1S/C35H33N3O6/c1-6-24-7-9-28(10-8-24)35-21-38(37-36-35)20-25-11-33(43-22-26-13-29(39-2)17-30(14-26)40-3)19-34(12-25)44-23-27-15-31(41-4)18-32(16-27)42-5/h1,7-19,21H,20,22-23H2,2-5H3. The number of hydrogen-bond acceptors (Lipinski definition) is 8. The maximum atomic E-state index is 6.24. The molecule has 4 aromatic carbocycles. The van der Waals surface area contributed by atoms with E-state index < -0.39 is 0 Å². The van der Waals surface area contributed by atoms with Gasteiger partial charge in [0.1, 0.15) is 53.4 Å². The van der Waals surface area contributed by atoms with E-state index in [1.807, 2.05) is 85.1 Å². The van der Waals surface area contributed by atoms with Crippen molar-refractivity contribution in [3.05, 3.63) is 107 Å². The predicted octanol–water partition coefficient (Wildman–Crippen LogP) is 6.17. The van der Waals surface area contributed by atoms with E-state index in [9.17, 15) is 0 Å². The van der Waals surface area contributed by atoms with Crippen molar-refractivity contribution in [3.63, 3.8) is 0 Å². The molecule has 9 heteroatoms. The molecule has 0 aliphatic carbocycles. The van der Waals surface area contributed by atoms with Gasteiger partial charge in [0.05, 0.1) is 41.2 Å². The molecule has 1 heterocycles. The average molecular weight is 592 g/mol. The van der Waals surface area contributed by atoms with Crippen LogP contribution in [0.2, 0.25) is 0 Å². The minimum atomic E-state index is 0.296. The van der Waals surface area contributed by atoms with Crippen molar-refractivity contribution in [2.45, 2.75) is 19.8 Å². The normalized spacial score (nSPS) is 10.5. The van der Waals surface area contributed by atoms with Gasteiger partial charge in [0, 0.05) is 29.3 Å². The Morgan fingerprint density at radius 1 is 0.614 bits per heavy atom. The highest BCUT2D eigenvalue weighted by molar-refractivity contribution is 5.59. The SMILES string of the molecule is C#Cc1ccc(-c2cn(Cc3cc(OCc4cc(OC)cc(OC)c4)cc(OCc4cc(OC)cc(OC)c4)c3)nn2)cc1. The summed E-state index contributed by atoms with van der Waals surface area (Å²) in [5, 5.41) is 8.69. The van der Waals surface area contributed by atoms with Crippen LogP contribution >= 0.6 is 0 Å². The third-order valence-electron chi connectivity index (χ3n) is 6.80. The molecule has 0 saturated heterocycles. The van der Waals surface area contributed by atoms with E-state index >= 15 is 0 Å². The highest BCUT2D eigenvalue weighted by Crippen LogP contribution is 2.29. The number of methoxy groups -OCH3 is 4. The van der Waals surface area contributed by atoms with E-state index in [0.29, 0.717) is 54.3 Å². The first-order valence-electron chi connectivity index (χ1n) is 13.8. The van der Waals surface area contributed by atoms with E-state index in [2.05, 4.69) is 16.2 Å². The Bertz CT molecular complexity index is 1640. The minimum Gasteiger partial charge on any atom is -0.497 e. The molecule has 0 aliphatic rings. The Morgan fingerprint density at radius 2 is 1.07 bits per heavy atom. The molecular weight excluding hydrogens is 558 g/mol. The zero-order valence-electron chi connectivity index (χ0n) is 25.1. The van der Waals surface area contributed by atoms with Gasteiger partial charge in [-0.05, 0) is 65.2 Å². The molecule has 0 fully saturated rings. The number of ether oxygens (including phenoxy) is 6. The van der Waals surface area contributed by atoms with Crippen LogP contribution in [0.4, 0.5) is 0 Å². The summed E-state index contributed by atoms with van der Waals surface area (Å²) in [7, 11) is 6.47. The molecule has 1 aromatic heterocycles. The van der Waals surface area contributed by atoms with E-state index in [1.54, 1.807) is 33.1 Å². The first-order valence-corrected chi connectivity index (χ1v) is 13.8. The maximum absolute atomic E-state index is 6.24. The monoisotopic (exact) mass is 591 g/mol. The second-order valence-corrected chi connectivity index (χ2v) is 9.85. The lowest BCUT2D eigenvalue weighted by Gasteiger charge is -2.14. The van der Waals surface area contributed by atoms with Crippen molar-refractivity contribution in [2.24, 2.45) is 0 Å². The Hall–Kier alpha value is -5.62. The first kappa shape index (κ1) is 29.9. The van der Waals surface area contributed by atoms with E-state index in [1.165, 1.54) is 0 Å². The summed E-state index contributed by atoms with van der Waals surface area (Å²) < 4.78 is 35.9. The van der Waals surface area contributed by atoms with Crippen LogP contribution in [-0.2, 0) is 19.8 Å². The van der Waals surface area contributed by atoms with Crippen molar-refractivity contribution >= 4 is 0 Å². The van der Waals surface area contributed by atoms with Gasteiger partial charge in [-0.1, -0.05) is 23.3 Å². The van der Waals surface area contributed by atoms with Crippen molar-refractivity contribution in [2.75, 3.05) is 28.4 Å². The number of hydrogen-bond donors (Lipinski definition) is 0. The van der Waals surface area contributed by atoms with Crippen LogP contribution in [0.1, 0.15) is 22.3 Å². The molecule has 0 atom stereocenters. The molecule has 0 unspecified atom stereocenters. The van der Waals surface area contributed by atoms with Crippen LogP contribution in [0.25, 0.3) is 11.3 Å². The lowest BCUT2D eigenvalue weighted by Crippen LogP contribution is -2.04. The maximum Gasteiger partial charge on any atom is 0.123 e. The van der Waals surface area contributed by atoms with Crippen molar-refractivity contribution < 1.29 is 28.4 Å². The van der Waals surface area contributed by atoms with Gasteiger partial charge in [-0.25, -0.2) is 4.68 Å². The lowest BCUT2D eigenvalue weighted by atomic mass is 10.1. The highest BCUT2D eigenvalue weighted by atomic mass is 16.5. The van der Waals surface area contributed by atoms with E-state index in [4.69, 9.17) is 34.8 Å². The van der Waals surface area contributed by atoms with Crippen LogP contribution in [0.15, 0.2) is 85.1 Å². The number of aromatic nitrogens is 3. The third-order valence-corrected chi connectivity index (χ3v) is 6.80. The van der Waals surface area contributed by atoms with Gasteiger partial charge in [-0.15, -0.1) is 11.5 Å². The van der Waals surface area contributed by atoms with Gasteiger partial charge in [-0.3, -0.25) is 0 Å². The molecule has 5 aromatic rings. The fourth-order valence-corrected chi connectivity index (χ4v) is 4.55. The number of benzene rings is 4. The third kappa shape index (κ3) is 7.61. The molecule has 0 bridgehead atoms. The van der Waals surface area contributed by atoms with Gasteiger partial charge in [0.2, 0.25) is 0 Å². The first-order chi connectivity index (χ1) is 21.5. The molecule has 0 radical (unpaired) electrons. The summed E-state index contributed by atoms with van der Waals surface area (Å²) >= 11 is 0.